The number of ether oxygens (including phenoxy) is 1. The largest absolute Gasteiger partial charge is 0.372 e. The smallest absolute Gasteiger partial charge is 0.0707 e. The Hall–Kier alpha value is -0.160. The summed E-state index contributed by atoms with van der Waals surface area (Å²) in [6.07, 6.45) is 7.49. The van der Waals surface area contributed by atoms with Crippen LogP contribution in [0.25, 0.3) is 0 Å². The highest BCUT2D eigenvalue weighted by molar-refractivity contribution is 4.85. The van der Waals surface area contributed by atoms with Gasteiger partial charge in [0.05, 0.1) is 12.2 Å². The number of nitrogens with zero attached hydrogens (tertiary/aromatic N) is 2. The lowest BCUT2D eigenvalue weighted by atomic mass is 10.1. The maximum absolute atomic E-state index is 6.20. The summed E-state index contributed by atoms with van der Waals surface area (Å²) in [5.41, 5.74) is 0. The molecule has 2 heterocycles. The molecule has 0 radical (unpaired) electrons. The Bertz CT molecular complexity index is 287. The number of rotatable bonds is 7. The quantitative estimate of drug-likeness (QED) is 0.761. The summed E-state index contributed by atoms with van der Waals surface area (Å²) in [7, 11) is 0. The van der Waals surface area contributed by atoms with Gasteiger partial charge in [-0.2, -0.15) is 0 Å². The van der Waals surface area contributed by atoms with E-state index in [4.69, 9.17) is 4.74 Å². The van der Waals surface area contributed by atoms with E-state index in [9.17, 15) is 0 Å². The second-order valence-corrected chi connectivity index (χ2v) is 6.78. The maximum Gasteiger partial charge on any atom is 0.0707 e. The van der Waals surface area contributed by atoms with E-state index in [0.717, 1.165) is 19.1 Å². The molecule has 3 rings (SSSR count). The van der Waals surface area contributed by atoms with E-state index < -0.39 is 0 Å². The highest BCUT2D eigenvalue weighted by Gasteiger charge is 2.29. The summed E-state index contributed by atoms with van der Waals surface area (Å²) in [6.45, 7) is 10.7. The van der Waals surface area contributed by atoms with E-state index in [2.05, 4.69) is 22.0 Å². The first-order valence-electron chi connectivity index (χ1n) is 8.67. The highest BCUT2D eigenvalue weighted by atomic mass is 16.5. The normalized spacial score (nSPS) is 32.9. The fourth-order valence-corrected chi connectivity index (χ4v) is 3.45. The van der Waals surface area contributed by atoms with Crippen molar-refractivity contribution < 1.29 is 4.74 Å². The van der Waals surface area contributed by atoms with Crippen LogP contribution in [0, 0.1) is 0 Å². The van der Waals surface area contributed by atoms with Crippen molar-refractivity contribution in [3.63, 3.8) is 0 Å². The highest BCUT2D eigenvalue weighted by Crippen LogP contribution is 2.23. The lowest BCUT2D eigenvalue weighted by Crippen LogP contribution is -2.48. The Balaban J connectivity index is 1.30. The Kier molecular flexibility index (Phi) is 5.32. The molecule has 3 aliphatic rings. The molecular weight excluding hydrogens is 250 g/mol. The third-order valence-corrected chi connectivity index (χ3v) is 4.87. The molecule has 3 fully saturated rings. The van der Waals surface area contributed by atoms with Gasteiger partial charge in [-0.25, -0.2) is 0 Å². The van der Waals surface area contributed by atoms with E-state index >= 15 is 0 Å². The Morgan fingerprint density at radius 3 is 2.35 bits per heavy atom. The van der Waals surface area contributed by atoms with Crippen molar-refractivity contribution in [1.29, 1.82) is 0 Å². The molecular formula is C16H31N3O. The monoisotopic (exact) mass is 281 g/mol. The second kappa shape index (κ2) is 7.21. The molecule has 0 bridgehead atoms. The van der Waals surface area contributed by atoms with Gasteiger partial charge in [-0.3, -0.25) is 4.90 Å². The fraction of sp³-hybridized carbons (Fsp3) is 1.00. The lowest BCUT2D eigenvalue weighted by Gasteiger charge is -2.35. The van der Waals surface area contributed by atoms with E-state index in [1.807, 2.05) is 0 Å². The van der Waals surface area contributed by atoms with E-state index in [0.29, 0.717) is 12.2 Å². The molecule has 2 aliphatic heterocycles. The van der Waals surface area contributed by atoms with Gasteiger partial charge in [0, 0.05) is 45.3 Å². The molecule has 20 heavy (non-hydrogen) atoms. The van der Waals surface area contributed by atoms with Crippen LogP contribution in [-0.2, 0) is 4.74 Å². The first kappa shape index (κ1) is 14.8. The molecule has 1 saturated carbocycles. The van der Waals surface area contributed by atoms with Gasteiger partial charge in [0.2, 0.25) is 0 Å². The average molecular weight is 281 g/mol. The van der Waals surface area contributed by atoms with Crippen LogP contribution in [0.1, 0.15) is 39.0 Å². The molecule has 116 valence electrons. The van der Waals surface area contributed by atoms with Gasteiger partial charge >= 0.3 is 0 Å². The fourth-order valence-electron chi connectivity index (χ4n) is 3.45. The van der Waals surface area contributed by atoms with Crippen molar-refractivity contribution in [2.24, 2.45) is 0 Å². The van der Waals surface area contributed by atoms with Gasteiger partial charge < -0.3 is 15.0 Å². The van der Waals surface area contributed by atoms with Crippen LogP contribution in [-0.4, -0.2) is 73.9 Å². The zero-order valence-corrected chi connectivity index (χ0v) is 13.0. The van der Waals surface area contributed by atoms with Gasteiger partial charge in [-0.1, -0.05) is 6.92 Å². The first-order chi connectivity index (χ1) is 9.83. The topological polar surface area (TPSA) is 27.7 Å². The zero-order chi connectivity index (χ0) is 13.8. The number of nitrogens with one attached hydrogen (secondary N) is 1. The molecule has 4 heteroatoms. The third kappa shape index (κ3) is 4.42. The minimum absolute atomic E-state index is 0.474. The Labute approximate surface area is 123 Å². The van der Waals surface area contributed by atoms with Crippen molar-refractivity contribution >= 4 is 0 Å². The van der Waals surface area contributed by atoms with Crippen LogP contribution in [0.5, 0.6) is 0 Å². The van der Waals surface area contributed by atoms with Crippen molar-refractivity contribution in [2.45, 2.75) is 57.3 Å². The molecule has 0 spiro atoms. The van der Waals surface area contributed by atoms with Crippen molar-refractivity contribution in [3.05, 3.63) is 0 Å². The summed E-state index contributed by atoms with van der Waals surface area (Å²) in [4.78, 5) is 5.20. The zero-order valence-electron chi connectivity index (χ0n) is 13.0. The average Bonchev–Trinajstić information content (AvgIpc) is 3.19. The molecule has 2 atom stereocenters. The van der Waals surface area contributed by atoms with Crippen LogP contribution in [0.4, 0.5) is 0 Å². The molecule has 0 aromatic rings. The maximum atomic E-state index is 6.20. The molecule has 0 aromatic heterocycles. The van der Waals surface area contributed by atoms with Gasteiger partial charge in [0.25, 0.3) is 0 Å². The van der Waals surface area contributed by atoms with Crippen molar-refractivity contribution in [2.75, 3.05) is 45.8 Å². The number of hydrogen-bond acceptors (Lipinski definition) is 4. The summed E-state index contributed by atoms with van der Waals surface area (Å²) < 4.78 is 6.20. The minimum atomic E-state index is 0.474. The lowest BCUT2D eigenvalue weighted by molar-refractivity contribution is 0.0126. The first-order valence-corrected chi connectivity index (χ1v) is 8.67. The van der Waals surface area contributed by atoms with E-state index in [1.54, 1.807) is 0 Å². The van der Waals surface area contributed by atoms with Crippen LogP contribution in [0.15, 0.2) is 0 Å². The SMILES string of the molecule is CCCN1CCN(CC2CCC(CNC3CC3)O2)CC1. The van der Waals surface area contributed by atoms with Gasteiger partial charge in [0.15, 0.2) is 0 Å². The van der Waals surface area contributed by atoms with E-state index in [1.165, 1.54) is 64.8 Å². The van der Waals surface area contributed by atoms with Crippen LogP contribution >= 0.6 is 0 Å². The molecule has 2 saturated heterocycles. The molecule has 0 aromatic carbocycles. The van der Waals surface area contributed by atoms with Gasteiger partial charge in [0.1, 0.15) is 0 Å². The summed E-state index contributed by atoms with van der Waals surface area (Å²) in [5, 5.41) is 3.60. The number of hydrogen-bond donors (Lipinski definition) is 1. The summed E-state index contributed by atoms with van der Waals surface area (Å²) in [5.74, 6) is 0. The molecule has 2 unspecified atom stereocenters. The second-order valence-electron chi connectivity index (χ2n) is 6.78. The molecule has 0 amide bonds. The Morgan fingerprint density at radius 2 is 1.65 bits per heavy atom. The van der Waals surface area contributed by atoms with Crippen molar-refractivity contribution in [3.8, 4) is 0 Å². The number of piperazine rings is 1. The summed E-state index contributed by atoms with van der Waals surface area (Å²) >= 11 is 0. The predicted molar refractivity (Wildman–Crippen MR) is 82.1 cm³/mol. The van der Waals surface area contributed by atoms with Gasteiger partial charge in [-0.05, 0) is 38.6 Å². The Morgan fingerprint density at radius 1 is 0.950 bits per heavy atom. The van der Waals surface area contributed by atoms with Crippen LogP contribution < -0.4 is 5.32 Å². The molecule has 1 N–H and O–H groups in total. The predicted octanol–water partition coefficient (Wildman–Crippen LogP) is 1.31. The molecule has 4 nitrogen and oxygen atoms in total. The van der Waals surface area contributed by atoms with E-state index in [-0.39, 0.29) is 0 Å². The molecule has 1 aliphatic carbocycles. The van der Waals surface area contributed by atoms with Crippen molar-refractivity contribution in [1.82, 2.24) is 15.1 Å². The van der Waals surface area contributed by atoms with Gasteiger partial charge in [-0.15, -0.1) is 0 Å². The minimum Gasteiger partial charge on any atom is -0.372 e. The summed E-state index contributed by atoms with van der Waals surface area (Å²) in [6, 6.07) is 0.810. The standard InChI is InChI=1S/C16H31N3O/c1-2-7-18-8-10-19(11-9-18)13-16-6-5-15(20-16)12-17-14-3-4-14/h14-17H,2-13H2,1H3. The van der Waals surface area contributed by atoms with Crippen LogP contribution in [0.2, 0.25) is 0 Å². The van der Waals surface area contributed by atoms with Crippen LogP contribution in [0.3, 0.4) is 0 Å². The third-order valence-electron chi connectivity index (χ3n) is 4.87.